The molecule has 2 fully saturated rings. The van der Waals surface area contributed by atoms with Gasteiger partial charge < -0.3 is 9.84 Å². The van der Waals surface area contributed by atoms with Gasteiger partial charge in [-0.1, -0.05) is 40.0 Å². The number of amides is 2. The van der Waals surface area contributed by atoms with Gasteiger partial charge in [0, 0.05) is 51.8 Å². The van der Waals surface area contributed by atoms with E-state index < -0.39 is 6.04 Å². The van der Waals surface area contributed by atoms with Gasteiger partial charge in [-0.15, -0.1) is 0 Å². The number of aliphatic hydroxyl groups excluding tert-OH is 1. The zero-order chi connectivity index (χ0) is 28.7. The van der Waals surface area contributed by atoms with Gasteiger partial charge in [-0.05, 0) is 36.1 Å². The van der Waals surface area contributed by atoms with Gasteiger partial charge in [0.05, 0.1) is 36.9 Å². The predicted molar refractivity (Wildman–Crippen MR) is 156 cm³/mol. The first-order valence-electron chi connectivity index (χ1n) is 14.7. The molecule has 3 aliphatic rings. The van der Waals surface area contributed by atoms with Crippen molar-refractivity contribution < 1.29 is 24.2 Å². The van der Waals surface area contributed by atoms with Crippen molar-refractivity contribution in [2.75, 3.05) is 50.8 Å². The van der Waals surface area contributed by atoms with Crippen LogP contribution in [0.15, 0.2) is 40.6 Å². The summed E-state index contributed by atoms with van der Waals surface area (Å²) in [4.78, 5) is 48.5. The number of anilines is 1. The van der Waals surface area contributed by atoms with Crippen LogP contribution >= 0.6 is 0 Å². The molecule has 1 atom stereocenters. The lowest BCUT2D eigenvalue weighted by Crippen LogP contribution is -2.52. The zero-order valence-corrected chi connectivity index (χ0v) is 24.2. The molecule has 2 heterocycles. The summed E-state index contributed by atoms with van der Waals surface area (Å²) in [6, 6.07) is 6.80. The first kappa shape index (κ1) is 29.9. The smallest absolute Gasteiger partial charge is 0.251 e. The number of nitrogens with zero attached hydrogens (tertiary/aromatic N) is 4. The lowest BCUT2D eigenvalue weighted by atomic mass is 9.77. The number of ketones is 1. The number of benzene rings is 1. The Labute approximate surface area is 237 Å². The van der Waals surface area contributed by atoms with Gasteiger partial charge >= 0.3 is 0 Å². The average Bonchev–Trinajstić information content (AvgIpc) is 3.21. The Morgan fingerprint density at radius 2 is 1.75 bits per heavy atom. The van der Waals surface area contributed by atoms with Crippen LogP contribution in [0.1, 0.15) is 65.7 Å². The number of piperazine rings is 1. The molecule has 2 aliphatic heterocycles. The van der Waals surface area contributed by atoms with Gasteiger partial charge in [0.2, 0.25) is 5.91 Å². The first-order chi connectivity index (χ1) is 19.2. The predicted octanol–water partition coefficient (Wildman–Crippen LogP) is 4.17. The van der Waals surface area contributed by atoms with Gasteiger partial charge in [0.25, 0.3) is 5.91 Å². The second kappa shape index (κ2) is 13.5. The molecule has 1 aromatic rings. The fourth-order valence-electron chi connectivity index (χ4n) is 5.68. The maximum atomic E-state index is 13.3. The van der Waals surface area contributed by atoms with Gasteiger partial charge in [0.15, 0.2) is 5.78 Å². The highest BCUT2D eigenvalue weighted by Crippen LogP contribution is 2.35. The minimum atomic E-state index is -0.432. The monoisotopic (exact) mass is 552 g/mol. The molecule has 0 unspecified atom stereocenters. The highest BCUT2D eigenvalue weighted by atomic mass is 16.5. The van der Waals surface area contributed by atoms with E-state index in [1.54, 1.807) is 12.1 Å². The van der Waals surface area contributed by atoms with Crippen LogP contribution in [0.4, 0.5) is 5.69 Å². The van der Waals surface area contributed by atoms with E-state index >= 15 is 0 Å². The number of Topliss-reactive ketones (excluding diaryl/α,β-unsaturated/α-hetero) is 1. The molecule has 0 spiro atoms. The number of unbranched alkanes of at least 4 members (excludes halogenated alkanes) is 3. The van der Waals surface area contributed by atoms with Crippen LogP contribution in [-0.2, 0) is 14.4 Å². The van der Waals surface area contributed by atoms with E-state index in [1.165, 1.54) is 24.0 Å². The first-order valence-corrected chi connectivity index (χ1v) is 14.7. The van der Waals surface area contributed by atoms with E-state index in [1.807, 2.05) is 26.0 Å². The van der Waals surface area contributed by atoms with Crippen molar-refractivity contribution in [2.45, 2.75) is 71.8 Å². The highest BCUT2D eigenvalue weighted by molar-refractivity contribution is 6.22. The molecule has 0 aromatic heterocycles. The fourth-order valence-corrected chi connectivity index (χ4v) is 5.68. The largest absolute Gasteiger partial charge is 0.511 e. The third-order valence-electron chi connectivity index (χ3n) is 7.99. The molecular weight excluding hydrogens is 508 g/mol. The van der Waals surface area contributed by atoms with Crippen molar-refractivity contribution in [3.8, 4) is 5.75 Å². The van der Waals surface area contributed by atoms with E-state index in [-0.39, 0.29) is 35.2 Å². The number of allylic oxidation sites excluding steroid dienone is 2. The second-order valence-electron chi connectivity index (χ2n) is 11.9. The van der Waals surface area contributed by atoms with E-state index in [4.69, 9.17) is 4.74 Å². The van der Waals surface area contributed by atoms with Crippen LogP contribution in [-0.4, -0.2) is 90.6 Å². The maximum Gasteiger partial charge on any atom is 0.251 e. The van der Waals surface area contributed by atoms with Crippen LogP contribution in [0.2, 0.25) is 0 Å². The van der Waals surface area contributed by atoms with E-state index in [9.17, 15) is 19.5 Å². The summed E-state index contributed by atoms with van der Waals surface area (Å²) in [5.74, 6) is 0.491. The normalized spacial score (nSPS) is 22.6. The Hall–Kier alpha value is -3.04. The number of imide groups is 1. The van der Waals surface area contributed by atoms with Crippen molar-refractivity contribution in [2.24, 2.45) is 10.4 Å². The zero-order valence-electron chi connectivity index (χ0n) is 24.2. The summed E-state index contributed by atoms with van der Waals surface area (Å²) in [7, 11) is 0. The molecule has 218 valence electrons. The molecule has 40 heavy (non-hydrogen) atoms. The van der Waals surface area contributed by atoms with Crippen LogP contribution in [0, 0.1) is 5.41 Å². The van der Waals surface area contributed by atoms with Gasteiger partial charge in [-0.2, -0.15) is 0 Å². The molecule has 0 saturated carbocycles. The Bertz CT molecular complexity index is 1120. The number of hydrogen-bond acceptors (Lipinski definition) is 8. The van der Waals surface area contributed by atoms with Crippen molar-refractivity contribution >= 4 is 29.5 Å². The standard InChI is InChI=1S/C31H44N4O5/c1-4-5-6-7-18-40-24-10-8-23(9-11-24)35-29(38)19-26(30(35)39)34-16-14-33(15-17-34)13-12-32-22-25-27(36)20-31(2,3)21-28(25)37/h8-11,22,26,36H,4-7,12-21H2,1-3H3/t26-/m0/s1. The van der Waals surface area contributed by atoms with Gasteiger partial charge in [-0.25, -0.2) is 4.90 Å². The Kier molecular flexibility index (Phi) is 10.1. The molecule has 4 rings (SSSR count). The number of hydrogen-bond donors (Lipinski definition) is 1. The van der Waals surface area contributed by atoms with Crippen LogP contribution < -0.4 is 9.64 Å². The third kappa shape index (κ3) is 7.57. The third-order valence-corrected chi connectivity index (χ3v) is 7.99. The molecule has 9 nitrogen and oxygen atoms in total. The number of carbonyl (C=O) groups excluding carboxylic acids is 3. The maximum absolute atomic E-state index is 13.3. The molecular formula is C31H44N4O5. The molecule has 9 heteroatoms. The number of ether oxygens (including phenoxy) is 1. The van der Waals surface area contributed by atoms with Gasteiger partial charge in [0.1, 0.15) is 11.5 Å². The Morgan fingerprint density at radius 3 is 2.42 bits per heavy atom. The molecule has 0 bridgehead atoms. The second-order valence-corrected chi connectivity index (χ2v) is 11.9. The summed E-state index contributed by atoms with van der Waals surface area (Å²) in [6.07, 6.45) is 7.18. The van der Waals surface area contributed by atoms with E-state index in [0.29, 0.717) is 50.3 Å². The molecule has 1 N–H and O–H groups in total. The van der Waals surface area contributed by atoms with E-state index in [0.717, 1.165) is 38.2 Å². The minimum Gasteiger partial charge on any atom is -0.511 e. The SMILES string of the molecule is CCCCCCOc1ccc(N2C(=O)C[C@H](N3CCN(CCN=CC4=C(O)CC(C)(C)CC4=O)CC3)C2=O)cc1. The average molecular weight is 553 g/mol. The quantitative estimate of drug-likeness (QED) is 0.236. The highest BCUT2D eigenvalue weighted by Gasteiger charge is 2.43. The summed E-state index contributed by atoms with van der Waals surface area (Å²) in [5.41, 5.74) is 0.712. The fraction of sp³-hybridized carbons (Fsp3) is 0.613. The van der Waals surface area contributed by atoms with Crippen LogP contribution in [0.3, 0.4) is 0 Å². The number of aliphatic hydroxyl groups is 1. The van der Waals surface area contributed by atoms with Crippen LogP contribution in [0.5, 0.6) is 5.75 Å². The van der Waals surface area contributed by atoms with Crippen molar-refractivity contribution in [3.05, 3.63) is 35.6 Å². The minimum absolute atomic E-state index is 0.0574. The summed E-state index contributed by atoms with van der Waals surface area (Å²) in [5, 5.41) is 10.2. The van der Waals surface area contributed by atoms with E-state index in [2.05, 4.69) is 21.7 Å². The Balaban J connectivity index is 1.22. The summed E-state index contributed by atoms with van der Waals surface area (Å²) >= 11 is 0. The number of aliphatic imine (C=N–C) groups is 1. The molecule has 0 radical (unpaired) electrons. The lowest BCUT2D eigenvalue weighted by Gasteiger charge is -2.36. The molecule has 2 saturated heterocycles. The summed E-state index contributed by atoms with van der Waals surface area (Å²) < 4.78 is 5.79. The number of carbonyl (C=O) groups is 3. The van der Waals surface area contributed by atoms with Crippen molar-refractivity contribution in [1.82, 2.24) is 9.80 Å². The molecule has 1 aromatic carbocycles. The molecule has 2 amide bonds. The van der Waals surface area contributed by atoms with Crippen molar-refractivity contribution in [3.63, 3.8) is 0 Å². The topological polar surface area (TPSA) is 103 Å². The number of rotatable bonds is 12. The lowest BCUT2D eigenvalue weighted by molar-refractivity contribution is -0.123. The van der Waals surface area contributed by atoms with Crippen molar-refractivity contribution in [1.29, 1.82) is 0 Å². The van der Waals surface area contributed by atoms with Crippen LogP contribution in [0.25, 0.3) is 0 Å². The molecule has 1 aliphatic carbocycles. The summed E-state index contributed by atoms with van der Waals surface area (Å²) in [6.45, 7) is 11.0. The van der Waals surface area contributed by atoms with Gasteiger partial charge in [-0.3, -0.25) is 29.2 Å². The Morgan fingerprint density at radius 1 is 1.02 bits per heavy atom.